The van der Waals surface area contributed by atoms with Gasteiger partial charge in [-0.1, -0.05) is 65.7 Å². The Morgan fingerprint density at radius 2 is 0.890 bits per heavy atom. The normalized spacial score (nSPS) is 22.8. The summed E-state index contributed by atoms with van der Waals surface area (Å²) in [6.45, 7) is 13.7. The number of rotatable bonds is 21. The van der Waals surface area contributed by atoms with E-state index in [1.807, 2.05) is 62.4 Å². The molecule has 2 fully saturated rings. The van der Waals surface area contributed by atoms with Crippen molar-refractivity contribution >= 4 is 71.0 Å². The molecule has 4 aromatic rings. The Hall–Kier alpha value is -7.30. The number of methoxy groups -OCH3 is 1. The molecule has 82 heavy (non-hydrogen) atoms. The van der Waals surface area contributed by atoms with Crippen LogP contribution in [0.3, 0.4) is 0 Å². The zero-order chi connectivity index (χ0) is 60.4. The molecule has 10 atom stereocenters. The molecular weight excluding hydrogens is 1120 g/mol. The summed E-state index contributed by atoms with van der Waals surface area (Å²) in [4.78, 5) is 96.2. The number of ether oxygens (including phenoxy) is 13. The van der Waals surface area contributed by atoms with Gasteiger partial charge >= 0.3 is 47.8 Å². The summed E-state index contributed by atoms with van der Waals surface area (Å²) in [7, 11) is 1.32. The second-order valence-electron chi connectivity index (χ2n) is 18.8. The van der Waals surface area contributed by atoms with E-state index in [4.69, 9.17) is 84.8 Å². The smallest absolute Gasteiger partial charge is 0.303 e. The molecule has 6 rings (SSSR count). The summed E-state index contributed by atoms with van der Waals surface area (Å²) in [5.74, 6) is -5.92. The van der Waals surface area contributed by atoms with Crippen LogP contribution in [0.5, 0.6) is 11.5 Å². The number of halogens is 2. The van der Waals surface area contributed by atoms with E-state index >= 15 is 0 Å². The molecule has 0 spiro atoms. The van der Waals surface area contributed by atoms with Crippen LogP contribution in [0.25, 0.3) is 0 Å². The van der Waals surface area contributed by atoms with Gasteiger partial charge in [-0.15, -0.1) is 0 Å². The first-order chi connectivity index (χ1) is 38.9. The molecule has 0 unspecified atom stereocenters. The van der Waals surface area contributed by atoms with Crippen molar-refractivity contribution in [3.8, 4) is 11.5 Å². The number of carbonyl (C=O) groups is 8. The predicted octanol–water partition coefficient (Wildman–Crippen LogP) is 8.01. The van der Waals surface area contributed by atoms with Crippen LogP contribution in [-0.4, -0.2) is 130 Å². The molecule has 2 aliphatic rings. The third kappa shape index (κ3) is 18.4. The molecule has 0 bridgehead atoms. The van der Waals surface area contributed by atoms with Crippen LogP contribution in [0.1, 0.15) is 109 Å². The fraction of sp³-hybridized carbons (Fsp3) is 0.458. The molecule has 0 amide bonds. The van der Waals surface area contributed by atoms with Crippen molar-refractivity contribution in [2.24, 2.45) is 0 Å². The van der Waals surface area contributed by atoms with E-state index in [1.165, 1.54) is 41.7 Å². The molecular formula is C59H68Cl2O21. The molecule has 4 aromatic carbocycles. The first-order valence-electron chi connectivity index (χ1n) is 26.1. The molecule has 0 aromatic heterocycles. The topological polar surface area (TPSA) is 257 Å². The van der Waals surface area contributed by atoms with E-state index in [-0.39, 0.29) is 6.61 Å². The molecule has 0 saturated carbocycles. The Balaban J connectivity index is 0.000000301. The molecule has 2 saturated heterocycles. The highest BCUT2D eigenvalue weighted by molar-refractivity contribution is 6.31. The highest BCUT2D eigenvalue weighted by atomic mass is 35.5. The molecule has 21 nitrogen and oxygen atoms in total. The molecule has 2 aliphatic heterocycles. The van der Waals surface area contributed by atoms with Crippen molar-refractivity contribution in [3.63, 3.8) is 0 Å². The van der Waals surface area contributed by atoms with Gasteiger partial charge in [0.05, 0.1) is 13.2 Å². The van der Waals surface area contributed by atoms with Crippen LogP contribution in [-0.2, 0) is 109 Å². The second-order valence-corrected chi connectivity index (χ2v) is 19.6. The Kier molecular flexibility index (Phi) is 24.5. The molecule has 444 valence electrons. The zero-order valence-electron chi connectivity index (χ0n) is 47.4. The van der Waals surface area contributed by atoms with Crippen LogP contribution in [0.2, 0.25) is 10.0 Å². The van der Waals surface area contributed by atoms with Crippen molar-refractivity contribution in [2.75, 3.05) is 33.5 Å². The van der Waals surface area contributed by atoms with Crippen molar-refractivity contribution in [2.45, 2.75) is 143 Å². The molecule has 2 heterocycles. The van der Waals surface area contributed by atoms with E-state index in [2.05, 4.69) is 0 Å². The monoisotopic (exact) mass is 1180 g/mol. The average molecular weight is 1180 g/mol. The standard InChI is InChI=1S/C30H35ClO11.C29H33ClO10/c1-7-37-24-11-8-21(9-12-24)14-22-15-23(10-13-25(22)31)30(36-6)29(41-20(5)35)28(40-19(4)34)27(39-18(3)33)26(42-30)16-38-17(2)32;1-6-35-23-10-7-20(8-11-23)13-22-14-21(9-12-24(22)30)26-28(38-18(4)33)29(39-19(5)34)27(37-17(3)32)25(40-26)15-36-16(2)31/h8-13,15,26-29H,7,14,16H2,1-6H3;7-12,14,25-29H,6,13,15H2,1-5H3/t26-,27-,28+,29-,30+;25-,26+,27-,28+,29+/m11/s1. The van der Waals surface area contributed by atoms with Gasteiger partial charge in [0.15, 0.2) is 30.5 Å². The third-order valence-corrected chi connectivity index (χ3v) is 13.2. The summed E-state index contributed by atoms with van der Waals surface area (Å²) in [5, 5.41) is 0.952. The maximum Gasteiger partial charge on any atom is 0.303 e. The minimum absolute atomic E-state index is 0.305. The fourth-order valence-corrected chi connectivity index (χ4v) is 9.66. The van der Waals surface area contributed by atoms with E-state index in [0.717, 1.165) is 49.0 Å². The van der Waals surface area contributed by atoms with Crippen molar-refractivity contribution in [3.05, 3.63) is 128 Å². The van der Waals surface area contributed by atoms with Gasteiger partial charge in [-0.3, -0.25) is 38.4 Å². The molecule has 0 aliphatic carbocycles. The van der Waals surface area contributed by atoms with Gasteiger partial charge in [-0.25, -0.2) is 0 Å². The second kappa shape index (κ2) is 30.7. The predicted molar refractivity (Wildman–Crippen MR) is 292 cm³/mol. The van der Waals surface area contributed by atoms with Gasteiger partial charge in [-0.05, 0) is 97.0 Å². The van der Waals surface area contributed by atoms with Crippen LogP contribution < -0.4 is 9.47 Å². The lowest BCUT2D eigenvalue weighted by atomic mass is 9.86. The lowest BCUT2D eigenvalue weighted by molar-refractivity contribution is -0.367. The fourth-order valence-electron chi connectivity index (χ4n) is 9.29. The molecule has 23 heteroatoms. The Labute approximate surface area is 485 Å². The van der Waals surface area contributed by atoms with Crippen LogP contribution in [0.4, 0.5) is 0 Å². The lowest BCUT2D eigenvalue weighted by Crippen LogP contribution is -2.67. The summed E-state index contributed by atoms with van der Waals surface area (Å²) in [6.07, 6.45) is -10.2. The van der Waals surface area contributed by atoms with Crippen LogP contribution in [0, 0.1) is 0 Å². The third-order valence-electron chi connectivity index (χ3n) is 12.4. The summed E-state index contributed by atoms with van der Waals surface area (Å²) < 4.78 is 73.3. The first kappa shape index (κ1) is 65.5. The summed E-state index contributed by atoms with van der Waals surface area (Å²) in [6, 6.07) is 25.3. The van der Waals surface area contributed by atoms with Gasteiger partial charge in [0, 0.05) is 78.1 Å². The largest absolute Gasteiger partial charge is 0.494 e. The van der Waals surface area contributed by atoms with E-state index in [0.29, 0.717) is 52.8 Å². The SMILES string of the molecule is CCOc1ccc(Cc2cc([C@@H]3O[C@H](COC(C)=O)[C@@H](OC(C)=O)[C@H](OC(C)=O)[C@H]3OC(C)=O)ccc2Cl)cc1.CCOc1ccc(Cc2cc([C@]3(OC)O[C@H](COC(C)=O)[C@@H](OC(C)=O)[C@H](OC(C)=O)[C@H]3OC(C)=O)ccc2Cl)cc1. The zero-order valence-corrected chi connectivity index (χ0v) is 48.9. The summed E-state index contributed by atoms with van der Waals surface area (Å²) in [5.41, 5.74) is 4.27. The minimum atomic E-state index is -1.91. The number of hydrogen-bond acceptors (Lipinski definition) is 21. The van der Waals surface area contributed by atoms with Gasteiger partial charge in [0.25, 0.3) is 0 Å². The van der Waals surface area contributed by atoms with Gasteiger partial charge < -0.3 is 61.6 Å². The average Bonchev–Trinajstić information content (AvgIpc) is 3.56. The van der Waals surface area contributed by atoms with Crippen LogP contribution >= 0.6 is 23.2 Å². The van der Waals surface area contributed by atoms with Crippen molar-refractivity contribution < 1.29 is 99.9 Å². The van der Waals surface area contributed by atoms with Crippen LogP contribution in [0.15, 0.2) is 84.9 Å². The number of benzene rings is 4. The van der Waals surface area contributed by atoms with E-state index in [9.17, 15) is 38.4 Å². The lowest BCUT2D eigenvalue weighted by Gasteiger charge is -2.50. The molecule has 0 N–H and O–H groups in total. The number of carbonyl (C=O) groups excluding carboxylic acids is 8. The van der Waals surface area contributed by atoms with Gasteiger partial charge in [-0.2, -0.15) is 0 Å². The maximum absolute atomic E-state index is 12.4. The van der Waals surface area contributed by atoms with E-state index < -0.39 is 115 Å². The quantitative estimate of drug-likeness (QED) is 0.0565. The number of hydrogen-bond donors (Lipinski definition) is 0. The maximum atomic E-state index is 12.4. The first-order valence-corrected chi connectivity index (χ1v) is 26.8. The van der Waals surface area contributed by atoms with E-state index in [1.54, 1.807) is 36.4 Å². The highest BCUT2D eigenvalue weighted by Crippen LogP contribution is 2.45. The molecule has 0 radical (unpaired) electrons. The minimum Gasteiger partial charge on any atom is -0.494 e. The Morgan fingerprint density at radius 3 is 1.34 bits per heavy atom. The van der Waals surface area contributed by atoms with Gasteiger partial charge in [0.2, 0.25) is 11.9 Å². The number of esters is 8. The Bertz CT molecular complexity index is 2880. The van der Waals surface area contributed by atoms with Gasteiger partial charge in [0.1, 0.15) is 43.0 Å². The summed E-state index contributed by atoms with van der Waals surface area (Å²) >= 11 is 13.1. The van der Waals surface area contributed by atoms with Crippen molar-refractivity contribution in [1.29, 1.82) is 0 Å². The van der Waals surface area contributed by atoms with Crippen molar-refractivity contribution in [1.82, 2.24) is 0 Å². The highest BCUT2D eigenvalue weighted by Gasteiger charge is 2.62. The Morgan fingerprint density at radius 1 is 0.476 bits per heavy atom.